The van der Waals surface area contributed by atoms with Gasteiger partial charge < -0.3 is 5.32 Å². The minimum absolute atomic E-state index is 0.730. The van der Waals surface area contributed by atoms with Crippen LogP contribution in [0.15, 0.2) is 10.5 Å². The van der Waals surface area contributed by atoms with E-state index >= 15 is 0 Å². The Morgan fingerprint density at radius 2 is 2.50 bits per heavy atom. The van der Waals surface area contributed by atoms with Crippen LogP contribution in [0, 0.1) is 11.3 Å². The normalized spacial score (nSPS) is 9.42. The maximum absolute atomic E-state index is 8.66. The predicted octanol–water partition coefficient (Wildman–Crippen LogP) is 3.20. The molecule has 0 atom stereocenters. The lowest BCUT2D eigenvalue weighted by Gasteiger charge is -1.97. The summed E-state index contributed by atoms with van der Waals surface area (Å²) in [6.45, 7) is 3.07. The van der Waals surface area contributed by atoms with Crippen molar-refractivity contribution in [3.05, 3.63) is 15.4 Å². The lowest BCUT2D eigenvalue weighted by atomic mass is 10.4. The van der Waals surface area contributed by atoms with E-state index in [2.05, 4.69) is 34.2 Å². The number of hydrogen-bond acceptors (Lipinski definition) is 3. The van der Waals surface area contributed by atoms with E-state index in [4.69, 9.17) is 5.26 Å². The molecule has 0 aliphatic heterocycles. The minimum Gasteiger partial charge on any atom is -0.377 e. The molecule has 0 aromatic carbocycles. The highest BCUT2D eigenvalue weighted by molar-refractivity contribution is 9.10. The first-order chi connectivity index (χ1) is 5.77. The van der Waals surface area contributed by atoms with Crippen molar-refractivity contribution >= 4 is 32.3 Å². The van der Waals surface area contributed by atoms with Gasteiger partial charge in [0.2, 0.25) is 0 Å². The molecule has 1 N–H and O–H groups in total. The molecule has 12 heavy (non-hydrogen) atoms. The number of nitrogens with one attached hydrogen (secondary N) is 1. The molecule has 0 amide bonds. The topological polar surface area (TPSA) is 35.8 Å². The summed E-state index contributed by atoms with van der Waals surface area (Å²) in [5.41, 5.74) is 0. The van der Waals surface area contributed by atoms with Crippen molar-refractivity contribution in [3.63, 3.8) is 0 Å². The highest BCUT2D eigenvalue weighted by Crippen LogP contribution is 2.30. The van der Waals surface area contributed by atoms with E-state index in [9.17, 15) is 0 Å². The Labute approximate surface area is 84.3 Å². The van der Waals surface area contributed by atoms with Gasteiger partial charge in [-0.1, -0.05) is 6.92 Å². The number of halogens is 1. The van der Waals surface area contributed by atoms with E-state index in [0.717, 1.165) is 27.3 Å². The smallest absolute Gasteiger partial charge is 0.121 e. The molecule has 0 radical (unpaired) electrons. The zero-order valence-electron chi connectivity index (χ0n) is 6.72. The van der Waals surface area contributed by atoms with Gasteiger partial charge in [-0.05, 0) is 28.4 Å². The van der Waals surface area contributed by atoms with Crippen molar-refractivity contribution in [1.29, 1.82) is 5.26 Å². The third kappa shape index (κ3) is 2.23. The van der Waals surface area contributed by atoms with Gasteiger partial charge in [0.25, 0.3) is 0 Å². The SMILES string of the molecule is CCCNc1cc(Br)c(C#N)s1. The summed E-state index contributed by atoms with van der Waals surface area (Å²) < 4.78 is 0.883. The van der Waals surface area contributed by atoms with Gasteiger partial charge in [0.15, 0.2) is 0 Å². The molecule has 0 aliphatic carbocycles. The van der Waals surface area contributed by atoms with Crippen LogP contribution in [0.4, 0.5) is 5.00 Å². The van der Waals surface area contributed by atoms with Gasteiger partial charge in [-0.2, -0.15) is 5.26 Å². The molecule has 0 fully saturated rings. The van der Waals surface area contributed by atoms with Gasteiger partial charge in [-0.15, -0.1) is 11.3 Å². The van der Waals surface area contributed by atoms with Crippen molar-refractivity contribution in [2.75, 3.05) is 11.9 Å². The van der Waals surface area contributed by atoms with E-state index in [1.807, 2.05) is 6.07 Å². The molecule has 1 rings (SSSR count). The number of hydrogen-bond donors (Lipinski definition) is 1. The number of nitriles is 1. The molecule has 1 heterocycles. The minimum atomic E-state index is 0.730. The van der Waals surface area contributed by atoms with Crippen molar-refractivity contribution in [2.24, 2.45) is 0 Å². The molecule has 0 bridgehead atoms. The molecule has 0 aliphatic rings. The summed E-state index contributed by atoms with van der Waals surface area (Å²) in [6.07, 6.45) is 1.09. The molecule has 0 spiro atoms. The summed E-state index contributed by atoms with van der Waals surface area (Å²) in [6, 6.07) is 4.07. The van der Waals surface area contributed by atoms with Crippen LogP contribution in [0.3, 0.4) is 0 Å². The van der Waals surface area contributed by atoms with Crippen LogP contribution in [0.25, 0.3) is 0 Å². The third-order valence-electron chi connectivity index (χ3n) is 1.34. The van der Waals surface area contributed by atoms with E-state index in [0.29, 0.717) is 0 Å². The highest BCUT2D eigenvalue weighted by Gasteiger charge is 2.04. The second-order valence-electron chi connectivity index (χ2n) is 2.33. The summed E-state index contributed by atoms with van der Waals surface area (Å²) in [5.74, 6) is 0. The standard InChI is InChI=1S/C8H9BrN2S/c1-2-3-11-8-4-6(9)7(5-10)12-8/h4,11H,2-3H2,1H3. The second kappa shape index (κ2) is 4.48. The van der Waals surface area contributed by atoms with Crippen LogP contribution in [-0.4, -0.2) is 6.54 Å². The Balaban J connectivity index is 2.70. The fourth-order valence-electron chi connectivity index (χ4n) is 0.780. The molecule has 1 aromatic heterocycles. The van der Waals surface area contributed by atoms with Gasteiger partial charge in [0, 0.05) is 11.0 Å². The molecule has 0 saturated carbocycles. The Kier molecular flexibility index (Phi) is 3.57. The monoisotopic (exact) mass is 244 g/mol. The average Bonchev–Trinajstić information content (AvgIpc) is 2.43. The van der Waals surface area contributed by atoms with Crippen molar-refractivity contribution in [3.8, 4) is 6.07 Å². The molecule has 0 unspecified atom stereocenters. The number of thiophene rings is 1. The van der Waals surface area contributed by atoms with Crippen LogP contribution < -0.4 is 5.32 Å². The quantitative estimate of drug-likeness (QED) is 0.887. The number of rotatable bonds is 3. The molecular formula is C8H9BrN2S. The predicted molar refractivity (Wildman–Crippen MR) is 55.5 cm³/mol. The van der Waals surface area contributed by atoms with Crippen LogP contribution in [0.1, 0.15) is 18.2 Å². The fraction of sp³-hybridized carbons (Fsp3) is 0.375. The highest BCUT2D eigenvalue weighted by atomic mass is 79.9. The summed E-state index contributed by atoms with van der Waals surface area (Å²) in [5, 5.41) is 12.9. The van der Waals surface area contributed by atoms with E-state index in [1.54, 1.807) is 0 Å². The van der Waals surface area contributed by atoms with Crippen molar-refractivity contribution in [1.82, 2.24) is 0 Å². The van der Waals surface area contributed by atoms with Crippen LogP contribution in [0.2, 0.25) is 0 Å². The molecular weight excluding hydrogens is 236 g/mol. The molecule has 2 nitrogen and oxygen atoms in total. The average molecular weight is 245 g/mol. The first-order valence-electron chi connectivity index (χ1n) is 3.71. The number of anilines is 1. The Morgan fingerprint density at radius 3 is 3.00 bits per heavy atom. The van der Waals surface area contributed by atoms with Gasteiger partial charge in [-0.3, -0.25) is 0 Å². The van der Waals surface area contributed by atoms with Crippen LogP contribution in [0.5, 0.6) is 0 Å². The maximum Gasteiger partial charge on any atom is 0.121 e. The van der Waals surface area contributed by atoms with Gasteiger partial charge in [0.1, 0.15) is 10.9 Å². The van der Waals surface area contributed by atoms with Gasteiger partial charge in [-0.25, -0.2) is 0 Å². The van der Waals surface area contributed by atoms with E-state index < -0.39 is 0 Å². The second-order valence-corrected chi connectivity index (χ2v) is 4.23. The van der Waals surface area contributed by atoms with Crippen molar-refractivity contribution in [2.45, 2.75) is 13.3 Å². The molecule has 64 valence electrons. The third-order valence-corrected chi connectivity index (χ3v) is 3.22. The largest absolute Gasteiger partial charge is 0.377 e. The molecule has 0 saturated heterocycles. The molecule has 1 aromatic rings. The van der Waals surface area contributed by atoms with Crippen molar-refractivity contribution < 1.29 is 0 Å². The van der Waals surface area contributed by atoms with Gasteiger partial charge in [0.05, 0.1) is 5.00 Å². The Bertz CT molecular complexity index is 300. The van der Waals surface area contributed by atoms with Crippen LogP contribution in [-0.2, 0) is 0 Å². The Hall–Kier alpha value is -0.530. The Morgan fingerprint density at radius 1 is 1.75 bits per heavy atom. The zero-order valence-corrected chi connectivity index (χ0v) is 9.13. The maximum atomic E-state index is 8.66. The van der Waals surface area contributed by atoms with E-state index in [-0.39, 0.29) is 0 Å². The first kappa shape index (κ1) is 9.56. The lowest BCUT2D eigenvalue weighted by Crippen LogP contribution is -1.96. The number of nitrogens with zero attached hydrogens (tertiary/aromatic N) is 1. The van der Waals surface area contributed by atoms with E-state index in [1.165, 1.54) is 11.3 Å². The lowest BCUT2D eigenvalue weighted by molar-refractivity contribution is 0.984. The fourth-order valence-corrected chi connectivity index (χ4v) is 2.27. The van der Waals surface area contributed by atoms with Gasteiger partial charge >= 0.3 is 0 Å². The summed E-state index contributed by atoms with van der Waals surface area (Å²) in [7, 11) is 0. The zero-order chi connectivity index (χ0) is 8.97. The van der Waals surface area contributed by atoms with Crippen LogP contribution >= 0.6 is 27.3 Å². The molecule has 4 heteroatoms. The summed E-state index contributed by atoms with van der Waals surface area (Å²) in [4.78, 5) is 0.730. The summed E-state index contributed by atoms with van der Waals surface area (Å²) >= 11 is 4.80. The first-order valence-corrected chi connectivity index (χ1v) is 5.32.